The van der Waals surface area contributed by atoms with Crippen molar-refractivity contribution in [2.75, 3.05) is 7.05 Å². The first kappa shape index (κ1) is 15.0. The van der Waals surface area contributed by atoms with Crippen molar-refractivity contribution in [1.82, 2.24) is 10.2 Å². The summed E-state index contributed by atoms with van der Waals surface area (Å²) in [5.74, 6) is 0. The molecule has 0 amide bonds. The molecule has 1 aromatic heterocycles. The van der Waals surface area contributed by atoms with Crippen LogP contribution in [0.1, 0.15) is 17.4 Å². The minimum absolute atomic E-state index is 0.369. The summed E-state index contributed by atoms with van der Waals surface area (Å²) in [6.07, 6.45) is 1.02. The van der Waals surface area contributed by atoms with Crippen LogP contribution in [-0.4, -0.2) is 23.1 Å². The second kappa shape index (κ2) is 7.41. The summed E-state index contributed by atoms with van der Waals surface area (Å²) >= 11 is 7.27. The molecule has 0 aliphatic heterocycles. The van der Waals surface area contributed by atoms with Crippen molar-refractivity contribution in [3.63, 3.8) is 0 Å². The number of benzene rings is 1. The van der Waals surface area contributed by atoms with E-state index in [-0.39, 0.29) is 0 Å². The maximum absolute atomic E-state index is 5.47. The Balaban J connectivity index is 2.08. The van der Waals surface area contributed by atoms with Gasteiger partial charge >= 0.3 is 0 Å². The van der Waals surface area contributed by atoms with Crippen molar-refractivity contribution >= 4 is 28.7 Å². The van der Waals surface area contributed by atoms with Crippen molar-refractivity contribution < 1.29 is 0 Å². The summed E-state index contributed by atoms with van der Waals surface area (Å²) in [5, 5.41) is 6.04. The monoisotopic (exact) mass is 304 g/mol. The number of nitrogens with zero attached hydrogens (tertiary/aromatic N) is 1. The van der Waals surface area contributed by atoms with E-state index >= 15 is 0 Å². The molecule has 0 unspecified atom stereocenters. The zero-order chi connectivity index (χ0) is 14.4. The number of thiophene rings is 1. The quantitative estimate of drug-likeness (QED) is 0.848. The van der Waals surface area contributed by atoms with Gasteiger partial charge in [0.15, 0.2) is 5.11 Å². The third-order valence-corrected chi connectivity index (χ3v) is 4.62. The molecule has 1 heterocycles. The lowest BCUT2D eigenvalue weighted by molar-refractivity contribution is 0.319. The largest absolute Gasteiger partial charge is 0.366 e. The molecule has 1 aromatic carbocycles. The van der Waals surface area contributed by atoms with Crippen molar-refractivity contribution in [3.05, 3.63) is 58.3 Å². The number of hydrogen-bond donors (Lipinski definition) is 1. The Bertz CT molecular complexity index is 523. The van der Waals surface area contributed by atoms with Gasteiger partial charge in [0.05, 0.1) is 0 Å². The van der Waals surface area contributed by atoms with E-state index in [1.54, 1.807) is 11.3 Å². The topological polar surface area (TPSA) is 15.3 Å². The highest BCUT2D eigenvalue weighted by molar-refractivity contribution is 7.80. The van der Waals surface area contributed by atoms with E-state index in [1.807, 2.05) is 13.1 Å². The molecule has 2 nitrogen and oxygen atoms in total. The number of rotatable bonds is 5. The van der Waals surface area contributed by atoms with E-state index in [0.29, 0.717) is 6.04 Å². The van der Waals surface area contributed by atoms with Gasteiger partial charge in [-0.3, -0.25) is 0 Å². The van der Waals surface area contributed by atoms with Crippen LogP contribution in [0.15, 0.2) is 47.8 Å². The van der Waals surface area contributed by atoms with Crippen molar-refractivity contribution in [1.29, 1.82) is 0 Å². The molecule has 106 valence electrons. The molecule has 2 aromatic rings. The first-order valence-electron chi connectivity index (χ1n) is 6.75. The van der Waals surface area contributed by atoms with Crippen LogP contribution in [0, 0.1) is 0 Å². The fourth-order valence-electron chi connectivity index (χ4n) is 2.18. The summed E-state index contributed by atoms with van der Waals surface area (Å²) in [6, 6.07) is 15.1. The second-order valence-electron chi connectivity index (χ2n) is 4.80. The Labute approximate surface area is 130 Å². The van der Waals surface area contributed by atoms with Gasteiger partial charge in [0, 0.05) is 30.9 Å². The molecule has 1 atom stereocenters. The van der Waals surface area contributed by atoms with Crippen LogP contribution in [-0.2, 0) is 13.0 Å². The summed E-state index contributed by atoms with van der Waals surface area (Å²) in [6.45, 7) is 3.07. The van der Waals surface area contributed by atoms with Crippen LogP contribution in [0.2, 0.25) is 0 Å². The zero-order valence-corrected chi connectivity index (χ0v) is 13.5. The molecule has 0 bridgehead atoms. The van der Waals surface area contributed by atoms with Gasteiger partial charge in [0.1, 0.15) is 0 Å². The molecule has 2 rings (SSSR count). The Kier molecular flexibility index (Phi) is 5.56. The highest BCUT2D eigenvalue weighted by Gasteiger charge is 2.17. The van der Waals surface area contributed by atoms with E-state index in [4.69, 9.17) is 12.2 Å². The van der Waals surface area contributed by atoms with Gasteiger partial charge in [-0.1, -0.05) is 36.4 Å². The van der Waals surface area contributed by atoms with Crippen LogP contribution in [0.5, 0.6) is 0 Å². The van der Waals surface area contributed by atoms with Gasteiger partial charge in [-0.15, -0.1) is 11.3 Å². The first-order valence-corrected chi connectivity index (χ1v) is 8.04. The fraction of sp³-hybridized carbons (Fsp3) is 0.312. The van der Waals surface area contributed by atoms with E-state index in [9.17, 15) is 0 Å². The normalized spacial score (nSPS) is 11.9. The molecule has 0 spiro atoms. The average Bonchev–Trinajstić information content (AvgIpc) is 2.98. The van der Waals surface area contributed by atoms with Crippen LogP contribution in [0.3, 0.4) is 0 Å². The summed E-state index contributed by atoms with van der Waals surface area (Å²) in [4.78, 5) is 3.65. The molecule has 0 aliphatic carbocycles. The summed E-state index contributed by atoms with van der Waals surface area (Å²) in [7, 11) is 1.89. The Morgan fingerprint density at radius 2 is 2.00 bits per heavy atom. The average molecular weight is 304 g/mol. The maximum atomic E-state index is 5.47. The van der Waals surface area contributed by atoms with E-state index in [2.05, 4.69) is 58.9 Å². The fourth-order valence-corrected chi connectivity index (χ4v) is 3.25. The third-order valence-electron chi connectivity index (χ3n) is 3.28. The molecular weight excluding hydrogens is 284 g/mol. The van der Waals surface area contributed by atoms with Crippen LogP contribution in [0.25, 0.3) is 0 Å². The second-order valence-corrected chi connectivity index (χ2v) is 6.22. The molecule has 1 N–H and O–H groups in total. The smallest absolute Gasteiger partial charge is 0.169 e. The lowest BCUT2D eigenvalue weighted by atomic mass is 10.1. The predicted molar refractivity (Wildman–Crippen MR) is 91.1 cm³/mol. The molecule has 0 saturated carbocycles. The van der Waals surface area contributed by atoms with Crippen molar-refractivity contribution in [2.24, 2.45) is 0 Å². The molecule has 0 fully saturated rings. The van der Waals surface area contributed by atoms with E-state index in [1.165, 1.54) is 10.4 Å². The van der Waals surface area contributed by atoms with Gasteiger partial charge in [-0.25, -0.2) is 0 Å². The summed E-state index contributed by atoms with van der Waals surface area (Å²) < 4.78 is 0. The van der Waals surface area contributed by atoms with Gasteiger partial charge in [0.25, 0.3) is 0 Å². The van der Waals surface area contributed by atoms with E-state index < -0.39 is 0 Å². The Hall–Kier alpha value is -1.39. The summed E-state index contributed by atoms with van der Waals surface area (Å²) in [5.41, 5.74) is 1.28. The van der Waals surface area contributed by atoms with Gasteiger partial charge in [-0.2, -0.15) is 0 Å². The van der Waals surface area contributed by atoms with Crippen LogP contribution in [0.4, 0.5) is 0 Å². The number of nitrogens with one attached hydrogen (secondary N) is 1. The molecule has 4 heteroatoms. The highest BCUT2D eigenvalue weighted by atomic mass is 32.1. The molecule has 0 aliphatic rings. The highest BCUT2D eigenvalue weighted by Crippen LogP contribution is 2.16. The lowest BCUT2D eigenvalue weighted by Crippen LogP contribution is -2.43. The molecular formula is C16H20N2S2. The van der Waals surface area contributed by atoms with E-state index in [0.717, 1.165) is 18.1 Å². The Morgan fingerprint density at radius 1 is 1.25 bits per heavy atom. The maximum Gasteiger partial charge on any atom is 0.169 e. The number of thiocarbonyl (C=S) groups is 1. The third kappa shape index (κ3) is 4.05. The van der Waals surface area contributed by atoms with Gasteiger partial charge in [0.2, 0.25) is 0 Å². The minimum atomic E-state index is 0.369. The standard InChI is InChI=1S/C16H20N2S2/c1-13(11-15-9-6-10-20-15)18(16(19)17-2)12-14-7-4-3-5-8-14/h3-10,13H,11-12H2,1-2H3,(H,17,19)/t13-/m0/s1. The molecule has 0 saturated heterocycles. The van der Waals surface area contributed by atoms with Crippen molar-refractivity contribution in [3.8, 4) is 0 Å². The van der Waals surface area contributed by atoms with Gasteiger partial charge in [-0.05, 0) is 36.2 Å². The zero-order valence-electron chi connectivity index (χ0n) is 11.9. The minimum Gasteiger partial charge on any atom is -0.366 e. The predicted octanol–water partition coefficient (Wildman–Crippen LogP) is 3.69. The molecule has 20 heavy (non-hydrogen) atoms. The Morgan fingerprint density at radius 3 is 2.60 bits per heavy atom. The number of hydrogen-bond acceptors (Lipinski definition) is 2. The SMILES string of the molecule is CNC(=S)N(Cc1ccccc1)[C@@H](C)Cc1cccs1. The molecule has 0 radical (unpaired) electrons. The first-order chi connectivity index (χ1) is 9.70. The van der Waals surface area contributed by atoms with Crippen LogP contribution >= 0.6 is 23.6 Å². The van der Waals surface area contributed by atoms with Crippen molar-refractivity contribution in [2.45, 2.75) is 25.9 Å². The lowest BCUT2D eigenvalue weighted by Gasteiger charge is -2.31. The van der Waals surface area contributed by atoms with Gasteiger partial charge < -0.3 is 10.2 Å². The van der Waals surface area contributed by atoms with Crippen LogP contribution < -0.4 is 5.32 Å².